The number of likely N-dealkylation sites (tertiary alicyclic amines) is 1. The minimum Gasteiger partial charge on any atom is -0.445 e. The van der Waals surface area contributed by atoms with Crippen LogP contribution in [0.3, 0.4) is 0 Å². The average Bonchev–Trinajstić information content (AvgIpc) is 3.52. The third kappa shape index (κ3) is 20.5. The summed E-state index contributed by atoms with van der Waals surface area (Å²) >= 11 is 0. The van der Waals surface area contributed by atoms with E-state index in [0.29, 0.717) is 69.8 Å². The zero-order chi connectivity index (χ0) is 47.9. The van der Waals surface area contributed by atoms with Gasteiger partial charge in [-0.3, -0.25) is 33.7 Å². The summed E-state index contributed by atoms with van der Waals surface area (Å²) in [6.07, 6.45) is 2.62. The van der Waals surface area contributed by atoms with Crippen molar-refractivity contribution in [3.8, 4) is 0 Å². The predicted molar refractivity (Wildman–Crippen MR) is 240 cm³/mol. The van der Waals surface area contributed by atoms with Crippen molar-refractivity contribution in [1.82, 2.24) is 31.5 Å². The van der Waals surface area contributed by atoms with E-state index in [1.807, 2.05) is 41.5 Å². The molecule has 0 aliphatic carbocycles. The highest BCUT2D eigenvalue weighted by molar-refractivity contribution is 6.04. The van der Waals surface area contributed by atoms with Gasteiger partial charge in [0.15, 0.2) is 0 Å². The molecule has 1 aromatic rings. The van der Waals surface area contributed by atoms with E-state index in [4.69, 9.17) is 19.9 Å². The highest BCUT2D eigenvalue weighted by Gasteiger charge is 2.45. The van der Waals surface area contributed by atoms with Gasteiger partial charge >= 0.3 is 12.1 Å². The van der Waals surface area contributed by atoms with Crippen molar-refractivity contribution in [1.29, 1.82) is 0 Å². The van der Waals surface area contributed by atoms with E-state index in [9.17, 15) is 38.4 Å². The van der Waals surface area contributed by atoms with E-state index >= 15 is 0 Å². The fraction of sp³-hybridized carbons (Fsp3) is 0.689. The molecule has 19 nitrogen and oxygen atoms in total. The van der Waals surface area contributed by atoms with Gasteiger partial charge in [-0.15, -0.1) is 0 Å². The molecule has 1 aliphatic heterocycles. The first-order valence-corrected chi connectivity index (χ1v) is 22.4. The number of hydrogen-bond acceptors (Lipinski definition) is 11. The minimum absolute atomic E-state index is 0.0346. The molecule has 1 saturated heterocycles. The van der Waals surface area contributed by atoms with Crippen LogP contribution in [0.15, 0.2) is 24.3 Å². The summed E-state index contributed by atoms with van der Waals surface area (Å²) in [6, 6.07) is 3.89. The lowest BCUT2D eigenvalue weighted by Gasteiger charge is -2.28. The Balaban J connectivity index is 1.81. The molecule has 0 spiro atoms. The third-order valence-corrected chi connectivity index (χ3v) is 10.9. The number of carbonyl (C=O) groups is 8. The fourth-order valence-corrected chi connectivity index (χ4v) is 6.50. The average molecular weight is 903 g/mol. The zero-order valence-electron chi connectivity index (χ0n) is 39.2. The van der Waals surface area contributed by atoms with E-state index in [2.05, 4.69) is 31.9 Å². The van der Waals surface area contributed by atoms with Crippen molar-refractivity contribution < 1.29 is 52.6 Å². The second-order valence-corrected chi connectivity index (χ2v) is 18.0. The van der Waals surface area contributed by atoms with Crippen molar-refractivity contribution in [3.63, 3.8) is 0 Å². The lowest BCUT2D eigenvalue weighted by Crippen LogP contribution is -2.54. The van der Waals surface area contributed by atoms with E-state index in [1.165, 1.54) is 4.90 Å². The summed E-state index contributed by atoms with van der Waals surface area (Å²) in [5, 5.41) is 16.2. The number of carbonyl (C=O) groups excluding carboxylic acids is 8. The molecular weight excluding hydrogens is 829 g/mol. The summed E-state index contributed by atoms with van der Waals surface area (Å²) in [5.74, 6) is -2.40. The number of primary amides is 1. The molecule has 64 heavy (non-hydrogen) atoms. The number of nitrogens with two attached hydrogens (primary N) is 1. The number of rotatable bonds is 29. The number of ether oxygens (including phenoxy) is 3. The number of benzene rings is 1. The monoisotopic (exact) mass is 903 g/mol. The SMILES string of the molecule is CCC(C)(C)C1CC(=O)N(CCCCCC(=O)NC(C(=O)N[C@H](CCCNC(N)=O)C(=O)Nc2ccc(COC(=O)NCCOCCOCCNC(=O)C(C)(C)C)cc2)C(C)C)C1=O. The van der Waals surface area contributed by atoms with Crippen LogP contribution in [0, 0.1) is 22.7 Å². The van der Waals surface area contributed by atoms with Crippen LogP contribution >= 0.6 is 0 Å². The van der Waals surface area contributed by atoms with Crippen molar-refractivity contribution >= 4 is 53.3 Å². The van der Waals surface area contributed by atoms with Crippen LogP contribution in [-0.4, -0.2) is 117 Å². The molecule has 0 aromatic heterocycles. The van der Waals surface area contributed by atoms with Crippen LogP contribution in [0.4, 0.5) is 15.3 Å². The maximum absolute atomic E-state index is 13.6. The molecule has 3 atom stereocenters. The Kier molecular flexibility index (Phi) is 23.8. The number of alkyl carbamates (subject to hydrolysis) is 1. The number of amides is 9. The Morgan fingerprint density at radius 1 is 0.797 bits per heavy atom. The van der Waals surface area contributed by atoms with Crippen LogP contribution in [0.2, 0.25) is 0 Å². The molecule has 2 rings (SSSR count). The molecular formula is C45H74N8O11. The van der Waals surface area contributed by atoms with E-state index in [1.54, 1.807) is 38.1 Å². The molecule has 0 bridgehead atoms. The maximum atomic E-state index is 13.6. The summed E-state index contributed by atoms with van der Waals surface area (Å²) in [4.78, 5) is 102. The van der Waals surface area contributed by atoms with Gasteiger partial charge in [0.2, 0.25) is 35.4 Å². The largest absolute Gasteiger partial charge is 0.445 e. The number of urea groups is 1. The normalized spacial score (nSPS) is 15.0. The van der Waals surface area contributed by atoms with Crippen LogP contribution in [0.25, 0.3) is 0 Å². The Morgan fingerprint density at radius 3 is 2.03 bits per heavy atom. The van der Waals surface area contributed by atoms with Crippen molar-refractivity contribution in [2.75, 3.05) is 57.9 Å². The molecule has 1 heterocycles. The molecule has 2 unspecified atom stereocenters. The number of anilines is 1. The van der Waals surface area contributed by atoms with Crippen LogP contribution < -0.4 is 37.6 Å². The van der Waals surface area contributed by atoms with Crippen LogP contribution in [-0.2, 0) is 49.6 Å². The quantitative estimate of drug-likeness (QED) is 0.0452. The lowest BCUT2D eigenvalue weighted by molar-refractivity contribution is -0.140. The zero-order valence-corrected chi connectivity index (χ0v) is 39.2. The third-order valence-electron chi connectivity index (χ3n) is 10.9. The van der Waals surface area contributed by atoms with Gasteiger partial charge in [-0.25, -0.2) is 9.59 Å². The number of nitrogens with one attached hydrogen (secondary N) is 6. The Labute approximate surface area is 378 Å². The molecule has 9 amide bonds. The van der Waals surface area contributed by atoms with E-state index < -0.39 is 41.4 Å². The standard InChI is InChI=1S/C45H74N8O11/c1-9-45(7,8)33-28-36(55)53(40(33)58)23-12-10-11-15-35(54)52-37(30(2)3)39(57)51-34(14-13-20-48-42(46)60)38(56)50-32-18-16-31(17-19-32)29-64-43(61)49-22-25-63-27-26-62-24-21-47-41(59)44(4,5)6/h16-19,30,33-34,37H,9-15,20-29H2,1-8H3,(H,47,59)(H,49,61)(H,50,56)(H,51,57)(H,52,54)(H3,46,48,60)/t33?,34-,37?/m1/s1. The minimum atomic E-state index is -1.03. The molecule has 1 fully saturated rings. The smallest absolute Gasteiger partial charge is 0.407 e. The Hall–Kier alpha value is -5.30. The predicted octanol–water partition coefficient (Wildman–Crippen LogP) is 3.49. The summed E-state index contributed by atoms with van der Waals surface area (Å²) in [6.45, 7) is 17.4. The Morgan fingerprint density at radius 2 is 1.44 bits per heavy atom. The first-order chi connectivity index (χ1) is 30.2. The van der Waals surface area contributed by atoms with E-state index in [0.717, 1.165) is 6.42 Å². The number of imide groups is 1. The van der Waals surface area contributed by atoms with Gasteiger partial charge in [0, 0.05) is 50.1 Å². The summed E-state index contributed by atoms with van der Waals surface area (Å²) in [7, 11) is 0. The van der Waals surface area contributed by atoms with Crippen molar-refractivity contribution in [3.05, 3.63) is 29.8 Å². The first kappa shape index (κ1) is 54.8. The first-order valence-electron chi connectivity index (χ1n) is 22.4. The fourth-order valence-electron chi connectivity index (χ4n) is 6.50. The maximum Gasteiger partial charge on any atom is 0.407 e. The molecule has 1 aliphatic rings. The Bertz CT molecular complexity index is 1700. The lowest BCUT2D eigenvalue weighted by atomic mass is 9.76. The van der Waals surface area contributed by atoms with E-state index in [-0.39, 0.29) is 86.4 Å². The number of unbranched alkanes of at least 4 members (excludes halogenated alkanes) is 2. The van der Waals surface area contributed by atoms with Gasteiger partial charge in [0.05, 0.1) is 32.3 Å². The van der Waals surface area contributed by atoms with Gasteiger partial charge in [-0.2, -0.15) is 0 Å². The second kappa shape index (κ2) is 27.8. The van der Waals surface area contributed by atoms with Gasteiger partial charge in [-0.1, -0.05) is 80.4 Å². The van der Waals surface area contributed by atoms with Crippen molar-refractivity contribution in [2.45, 2.75) is 125 Å². The van der Waals surface area contributed by atoms with Gasteiger partial charge in [0.25, 0.3) is 0 Å². The van der Waals surface area contributed by atoms with Gasteiger partial charge in [-0.05, 0) is 54.7 Å². The van der Waals surface area contributed by atoms with Crippen LogP contribution in [0.1, 0.15) is 112 Å². The molecule has 360 valence electrons. The van der Waals surface area contributed by atoms with Gasteiger partial charge in [0.1, 0.15) is 18.7 Å². The summed E-state index contributed by atoms with van der Waals surface area (Å²) < 4.78 is 16.1. The highest BCUT2D eigenvalue weighted by Crippen LogP contribution is 2.38. The molecule has 0 saturated carbocycles. The number of hydrogen-bond donors (Lipinski definition) is 7. The molecule has 8 N–H and O–H groups in total. The summed E-state index contributed by atoms with van der Waals surface area (Å²) in [5.41, 5.74) is 5.54. The van der Waals surface area contributed by atoms with Gasteiger partial charge < -0.3 is 51.8 Å². The van der Waals surface area contributed by atoms with Crippen LogP contribution in [0.5, 0.6) is 0 Å². The molecule has 19 heteroatoms. The second-order valence-electron chi connectivity index (χ2n) is 18.0. The molecule has 0 radical (unpaired) electrons. The molecule has 1 aromatic carbocycles. The van der Waals surface area contributed by atoms with Crippen molar-refractivity contribution in [2.24, 2.45) is 28.4 Å². The highest BCUT2D eigenvalue weighted by atomic mass is 16.5. The topological polar surface area (TPSA) is 266 Å². The number of nitrogens with zero attached hydrogens (tertiary/aromatic N) is 1.